The highest BCUT2D eigenvalue weighted by Gasteiger charge is 2.19. The van der Waals surface area contributed by atoms with Crippen LogP contribution < -0.4 is 0 Å². The monoisotopic (exact) mass is 865 g/mol. The molecule has 1 unspecified atom stereocenters. The lowest BCUT2D eigenvalue weighted by molar-refractivity contribution is -0.166. The van der Waals surface area contributed by atoms with Gasteiger partial charge in [-0.05, 0) is 83.5 Å². The van der Waals surface area contributed by atoms with E-state index in [9.17, 15) is 14.4 Å². The smallest absolute Gasteiger partial charge is 0.306 e. The van der Waals surface area contributed by atoms with Crippen molar-refractivity contribution in [2.75, 3.05) is 13.2 Å². The minimum Gasteiger partial charge on any atom is -0.462 e. The summed E-state index contributed by atoms with van der Waals surface area (Å²) in [4.78, 5) is 37.9. The molecule has 0 fully saturated rings. The molecule has 62 heavy (non-hydrogen) atoms. The zero-order valence-electron chi connectivity index (χ0n) is 40.6. The molecule has 1 atom stereocenters. The van der Waals surface area contributed by atoms with Gasteiger partial charge in [0.05, 0.1) is 0 Å². The van der Waals surface area contributed by atoms with E-state index in [0.29, 0.717) is 19.3 Å². The fraction of sp³-hybridized carbons (Fsp3) is 0.732. The molecule has 0 spiro atoms. The van der Waals surface area contributed by atoms with E-state index in [1.54, 1.807) is 0 Å². The van der Waals surface area contributed by atoms with Gasteiger partial charge in [-0.25, -0.2) is 0 Å². The molecule has 0 bridgehead atoms. The molecule has 0 heterocycles. The minimum atomic E-state index is -0.811. The highest BCUT2D eigenvalue weighted by Crippen LogP contribution is 2.14. The molecule has 0 radical (unpaired) electrons. The molecule has 0 aliphatic carbocycles. The Hall–Kier alpha value is -3.15. The van der Waals surface area contributed by atoms with Crippen LogP contribution in [0.2, 0.25) is 0 Å². The van der Waals surface area contributed by atoms with E-state index < -0.39 is 6.10 Å². The van der Waals surface area contributed by atoms with Crippen molar-refractivity contribution >= 4 is 17.9 Å². The average Bonchev–Trinajstić information content (AvgIpc) is 3.27. The van der Waals surface area contributed by atoms with Crippen LogP contribution in [-0.2, 0) is 28.6 Å². The Bertz CT molecular complexity index is 1180. The van der Waals surface area contributed by atoms with Gasteiger partial charge in [-0.2, -0.15) is 0 Å². The molecule has 0 rings (SSSR count). The third kappa shape index (κ3) is 47.9. The molecule has 356 valence electrons. The molecule has 0 amide bonds. The Morgan fingerprint density at radius 1 is 0.355 bits per heavy atom. The van der Waals surface area contributed by atoms with E-state index in [1.165, 1.54) is 116 Å². The lowest BCUT2D eigenvalue weighted by Gasteiger charge is -2.18. The summed E-state index contributed by atoms with van der Waals surface area (Å²) in [6.45, 7) is 6.42. The van der Waals surface area contributed by atoms with Crippen LogP contribution in [0.5, 0.6) is 0 Å². The first kappa shape index (κ1) is 58.9. The quantitative estimate of drug-likeness (QED) is 0.0199. The fourth-order valence-corrected chi connectivity index (χ4v) is 7.08. The summed E-state index contributed by atoms with van der Waals surface area (Å²) in [6.07, 6.45) is 63.3. The predicted molar refractivity (Wildman–Crippen MR) is 265 cm³/mol. The second-order valence-corrected chi connectivity index (χ2v) is 17.1. The molecule has 0 N–H and O–H groups in total. The first-order valence-corrected chi connectivity index (χ1v) is 26.0. The standard InChI is InChI=1S/C56H96O6/c1-4-7-10-13-16-19-22-25-26-27-28-29-32-34-37-40-43-46-49-55(58)61-52-53(62-56(59)50-47-44-41-38-35-31-24-21-18-15-12-9-6-3)51-60-54(57)48-45-42-39-36-33-30-23-20-17-14-11-8-5-2/h9,12,15,18,21,24,28-30,33,39,42,53H,4-8,10-11,13-14,16-17,19-20,22-23,25-27,31-32,34-38,40-41,43-52H2,1-3H3/b12-9+,18-15+,24-21+,29-28+,33-30+,42-39+. The van der Waals surface area contributed by atoms with E-state index >= 15 is 0 Å². The van der Waals surface area contributed by atoms with Crippen molar-refractivity contribution in [3.05, 3.63) is 72.9 Å². The Morgan fingerprint density at radius 3 is 1.21 bits per heavy atom. The zero-order valence-corrected chi connectivity index (χ0v) is 40.6. The number of unbranched alkanes of at least 4 members (excludes halogenated alkanes) is 25. The number of hydrogen-bond donors (Lipinski definition) is 0. The van der Waals surface area contributed by atoms with Crippen LogP contribution >= 0.6 is 0 Å². The maximum Gasteiger partial charge on any atom is 0.306 e. The molecular weight excluding hydrogens is 769 g/mol. The number of esters is 3. The number of allylic oxidation sites excluding steroid dienone is 12. The predicted octanol–water partition coefficient (Wildman–Crippen LogP) is 17.0. The van der Waals surface area contributed by atoms with Crippen LogP contribution in [0.1, 0.15) is 245 Å². The fourth-order valence-electron chi connectivity index (χ4n) is 7.08. The molecule has 0 saturated carbocycles. The van der Waals surface area contributed by atoms with Gasteiger partial charge in [0.25, 0.3) is 0 Å². The van der Waals surface area contributed by atoms with Gasteiger partial charge >= 0.3 is 17.9 Å². The second-order valence-electron chi connectivity index (χ2n) is 17.1. The van der Waals surface area contributed by atoms with Crippen molar-refractivity contribution in [3.63, 3.8) is 0 Å². The summed E-state index contributed by atoms with van der Waals surface area (Å²) in [5.41, 5.74) is 0. The largest absolute Gasteiger partial charge is 0.462 e. The van der Waals surface area contributed by atoms with E-state index in [0.717, 1.165) is 83.5 Å². The topological polar surface area (TPSA) is 78.9 Å². The summed E-state index contributed by atoms with van der Waals surface area (Å²) in [5, 5.41) is 0. The third-order valence-corrected chi connectivity index (χ3v) is 11.0. The SMILES string of the molecule is CC/C=C/C=C/C=C/CCCCCCCC(=O)OC(COC(=O)CC/C=C/C/C=C/CCCCCCCC)COC(=O)CCCCCCC/C=C/CCCCCCCCCCC. The lowest BCUT2D eigenvalue weighted by atomic mass is 10.1. The Kier molecular flexibility index (Phi) is 47.9. The maximum atomic E-state index is 12.8. The van der Waals surface area contributed by atoms with Crippen molar-refractivity contribution < 1.29 is 28.6 Å². The second kappa shape index (κ2) is 50.5. The van der Waals surface area contributed by atoms with Crippen LogP contribution in [0, 0.1) is 0 Å². The van der Waals surface area contributed by atoms with Crippen LogP contribution in [0.4, 0.5) is 0 Å². The van der Waals surface area contributed by atoms with Gasteiger partial charge in [0.2, 0.25) is 0 Å². The number of hydrogen-bond acceptors (Lipinski definition) is 6. The van der Waals surface area contributed by atoms with Gasteiger partial charge in [0, 0.05) is 19.3 Å². The Morgan fingerprint density at radius 2 is 0.726 bits per heavy atom. The first-order valence-electron chi connectivity index (χ1n) is 26.0. The Balaban J connectivity index is 4.44. The molecule has 6 nitrogen and oxygen atoms in total. The molecular formula is C56H96O6. The van der Waals surface area contributed by atoms with Gasteiger partial charge in [-0.1, -0.05) is 216 Å². The van der Waals surface area contributed by atoms with Gasteiger partial charge in [-0.3, -0.25) is 14.4 Å². The van der Waals surface area contributed by atoms with E-state index in [4.69, 9.17) is 14.2 Å². The van der Waals surface area contributed by atoms with Crippen molar-refractivity contribution in [1.82, 2.24) is 0 Å². The molecule has 0 saturated heterocycles. The van der Waals surface area contributed by atoms with Crippen LogP contribution in [0.3, 0.4) is 0 Å². The highest BCUT2D eigenvalue weighted by atomic mass is 16.6. The summed E-state index contributed by atoms with van der Waals surface area (Å²) >= 11 is 0. The van der Waals surface area contributed by atoms with E-state index in [1.807, 2.05) is 6.08 Å². The molecule has 0 aromatic carbocycles. The lowest BCUT2D eigenvalue weighted by Crippen LogP contribution is -2.30. The average molecular weight is 865 g/mol. The van der Waals surface area contributed by atoms with Crippen molar-refractivity contribution in [2.45, 2.75) is 252 Å². The molecule has 0 aromatic heterocycles. The van der Waals surface area contributed by atoms with E-state index in [2.05, 4.69) is 87.6 Å². The summed E-state index contributed by atoms with van der Waals surface area (Å²) < 4.78 is 16.7. The summed E-state index contributed by atoms with van der Waals surface area (Å²) in [7, 11) is 0. The highest BCUT2D eigenvalue weighted by molar-refractivity contribution is 5.71. The summed E-state index contributed by atoms with van der Waals surface area (Å²) in [6, 6.07) is 0. The molecule has 0 aliphatic heterocycles. The van der Waals surface area contributed by atoms with Crippen LogP contribution in [0.25, 0.3) is 0 Å². The number of ether oxygens (including phenoxy) is 3. The molecule has 6 heteroatoms. The normalized spacial score (nSPS) is 12.6. The van der Waals surface area contributed by atoms with E-state index in [-0.39, 0.29) is 37.5 Å². The van der Waals surface area contributed by atoms with Crippen molar-refractivity contribution in [3.8, 4) is 0 Å². The first-order chi connectivity index (χ1) is 30.5. The van der Waals surface area contributed by atoms with Gasteiger partial charge in [-0.15, -0.1) is 0 Å². The zero-order chi connectivity index (χ0) is 45.1. The van der Waals surface area contributed by atoms with Crippen molar-refractivity contribution in [2.24, 2.45) is 0 Å². The number of rotatable bonds is 46. The Labute approximate surface area is 382 Å². The van der Waals surface area contributed by atoms with Gasteiger partial charge < -0.3 is 14.2 Å². The minimum absolute atomic E-state index is 0.105. The van der Waals surface area contributed by atoms with Gasteiger partial charge in [0.15, 0.2) is 6.10 Å². The van der Waals surface area contributed by atoms with Crippen molar-refractivity contribution in [1.29, 1.82) is 0 Å². The van der Waals surface area contributed by atoms with Crippen LogP contribution in [-0.4, -0.2) is 37.2 Å². The molecule has 0 aliphatic rings. The van der Waals surface area contributed by atoms with Gasteiger partial charge in [0.1, 0.15) is 13.2 Å². The maximum absolute atomic E-state index is 12.8. The molecule has 0 aromatic rings. The summed E-state index contributed by atoms with van der Waals surface area (Å²) in [5.74, 6) is -1.00. The number of carbonyl (C=O) groups excluding carboxylic acids is 3. The third-order valence-electron chi connectivity index (χ3n) is 11.0. The number of carbonyl (C=O) groups is 3. The van der Waals surface area contributed by atoms with Crippen LogP contribution in [0.15, 0.2) is 72.9 Å².